The van der Waals surface area contributed by atoms with Crippen LogP contribution in [0.4, 0.5) is 0 Å². The fourth-order valence-corrected chi connectivity index (χ4v) is 2.89. The first-order chi connectivity index (χ1) is 7.79. The molecule has 1 saturated heterocycles. The van der Waals surface area contributed by atoms with Gasteiger partial charge in [0, 0.05) is 31.2 Å². The van der Waals surface area contributed by atoms with E-state index in [1.165, 1.54) is 38.8 Å². The van der Waals surface area contributed by atoms with Crippen molar-refractivity contribution in [2.75, 3.05) is 39.9 Å². The highest BCUT2D eigenvalue weighted by Crippen LogP contribution is 2.34. The Kier molecular flexibility index (Phi) is 4.22. The molecule has 0 spiro atoms. The minimum atomic E-state index is 0.381. The number of rotatable bonds is 7. The summed E-state index contributed by atoms with van der Waals surface area (Å²) in [4.78, 5) is 2.70. The van der Waals surface area contributed by atoms with Gasteiger partial charge in [-0.05, 0) is 39.3 Å². The van der Waals surface area contributed by atoms with E-state index in [4.69, 9.17) is 4.74 Å². The number of hydrogen-bond acceptors (Lipinski definition) is 3. The molecular weight excluding hydrogens is 200 g/mol. The van der Waals surface area contributed by atoms with Crippen molar-refractivity contribution in [3.63, 3.8) is 0 Å². The highest BCUT2D eigenvalue weighted by atomic mass is 16.5. The SMILES string of the molecule is CCCN(CC1(CNC)CCOC1)C1CC1. The lowest BCUT2D eigenvalue weighted by atomic mass is 9.86. The van der Waals surface area contributed by atoms with Gasteiger partial charge in [0.05, 0.1) is 6.61 Å². The third kappa shape index (κ3) is 2.96. The molecule has 0 radical (unpaired) electrons. The molecule has 1 atom stereocenters. The molecule has 1 aliphatic carbocycles. The fraction of sp³-hybridized carbons (Fsp3) is 1.00. The molecular formula is C13H26N2O. The van der Waals surface area contributed by atoms with Crippen molar-refractivity contribution in [3.8, 4) is 0 Å². The van der Waals surface area contributed by atoms with Gasteiger partial charge in [-0.25, -0.2) is 0 Å². The Labute approximate surface area is 99.5 Å². The lowest BCUT2D eigenvalue weighted by Crippen LogP contribution is -2.45. The van der Waals surface area contributed by atoms with E-state index in [1.807, 2.05) is 0 Å². The zero-order chi connectivity index (χ0) is 11.4. The smallest absolute Gasteiger partial charge is 0.0547 e. The summed E-state index contributed by atoms with van der Waals surface area (Å²) in [5.74, 6) is 0. The Hall–Kier alpha value is -0.120. The van der Waals surface area contributed by atoms with Gasteiger partial charge in [-0.3, -0.25) is 4.90 Å². The van der Waals surface area contributed by atoms with Crippen LogP contribution in [0.5, 0.6) is 0 Å². The van der Waals surface area contributed by atoms with E-state index in [1.54, 1.807) is 0 Å². The van der Waals surface area contributed by atoms with Gasteiger partial charge in [-0.1, -0.05) is 6.92 Å². The first-order valence-electron chi connectivity index (χ1n) is 6.76. The second kappa shape index (κ2) is 5.48. The molecule has 16 heavy (non-hydrogen) atoms. The van der Waals surface area contributed by atoms with Crippen LogP contribution >= 0.6 is 0 Å². The van der Waals surface area contributed by atoms with E-state index in [9.17, 15) is 0 Å². The van der Waals surface area contributed by atoms with Crippen LogP contribution in [0.15, 0.2) is 0 Å². The molecule has 94 valence electrons. The molecule has 1 aliphatic heterocycles. The van der Waals surface area contributed by atoms with E-state index in [-0.39, 0.29) is 0 Å². The highest BCUT2D eigenvalue weighted by Gasteiger charge is 2.39. The summed E-state index contributed by atoms with van der Waals surface area (Å²) < 4.78 is 5.63. The summed E-state index contributed by atoms with van der Waals surface area (Å²) in [6.07, 6.45) is 5.32. The summed E-state index contributed by atoms with van der Waals surface area (Å²) >= 11 is 0. The zero-order valence-corrected chi connectivity index (χ0v) is 10.8. The third-order valence-electron chi connectivity index (χ3n) is 3.85. The van der Waals surface area contributed by atoms with Gasteiger partial charge in [-0.2, -0.15) is 0 Å². The third-order valence-corrected chi connectivity index (χ3v) is 3.85. The molecule has 0 amide bonds. The van der Waals surface area contributed by atoms with Gasteiger partial charge in [0.15, 0.2) is 0 Å². The first-order valence-corrected chi connectivity index (χ1v) is 6.76. The van der Waals surface area contributed by atoms with Gasteiger partial charge < -0.3 is 10.1 Å². The Balaban J connectivity index is 1.91. The average molecular weight is 226 g/mol. The molecule has 3 nitrogen and oxygen atoms in total. The van der Waals surface area contributed by atoms with Crippen LogP contribution in [-0.2, 0) is 4.74 Å². The van der Waals surface area contributed by atoms with Crippen LogP contribution in [0.2, 0.25) is 0 Å². The second-order valence-electron chi connectivity index (χ2n) is 5.53. The number of ether oxygens (including phenoxy) is 1. The maximum Gasteiger partial charge on any atom is 0.0547 e. The number of nitrogens with one attached hydrogen (secondary N) is 1. The summed E-state index contributed by atoms with van der Waals surface area (Å²) in [6.45, 7) is 7.76. The molecule has 1 saturated carbocycles. The summed E-state index contributed by atoms with van der Waals surface area (Å²) in [6, 6.07) is 0.884. The van der Waals surface area contributed by atoms with Crippen molar-refractivity contribution >= 4 is 0 Å². The van der Waals surface area contributed by atoms with E-state index in [0.29, 0.717) is 5.41 Å². The molecule has 0 bridgehead atoms. The largest absolute Gasteiger partial charge is 0.381 e. The Morgan fingerprint density at radius 1 is 1.44 bits per heavy atom. The van der Waals surface area contributed by atoms with Crippen LogP contribution < -0.4 is 5.32 Å². The fourth-order valence-electron chi connectivity index (χ4n) is 2.89. The second-order valence-corrected chi connectivity index (χ2v) is 5.53. The quantitative estimate of drug-likeness (QED) is 0.712. The molecule has 1 N–H and O–H groups in total. The molecule has 2 fully saturated rings. The van der Waals surface area contributed by atoms with Gasteiger partial charge in [0.2, 0.25) is 0 Å². The lowest BCUT2D eigenvalue weighted by Gasteiger charge is -2.34. The van der Waals surface area contributed by atoms with E-state index < -0.39 is 0 Å². The minimum absolute atomic E-state index is 0.381. The monoisotopic (exact) mass is 226 g/mol. The molecule has 2 rings (SSSR count). The van der Waals surface area contributed by atoms with Crippen molar-refractivity contribution in [1.29, 1.82) is 0 Å². The molecule has 1 heterocycles. The van der Waals surface area contributed by atoms with E-state index in [0.717, 1.165) is 25.8 Å². The lowest BCUT2D eigenvalue weighted by molar-refractivity contribution is 0.106. The number of nitrogens with zero attached hydrogens (tertiary/aromatic N) is 1. The average Bonchev–Trinajstić information content (AvgIpc) is 3.02. The van der Waals surface area contributed by atoms with Crippen molar-refractivity contribution in [1.82, 2.24) is 10.2 Å². The van der Waals surface area contributed by atoms with Gasteiger partial charge in [0.25, 0.3) is 0 Å². The van der Waals surface area contributed by atoms with Crippen molar-refractivity contribution in [2.45, 2.75) is 38.6 Å². The van der Waals surface area contributed by atoms with Crippen LogP contribution in [0.25, 0.3) is 0 Å². The first kappa shape index (κ1) is 12.3. The van der Waals surface area contributed by atoms with Crippen molar-refractivity contribution in [3.05, 3.63) is 0 Å². The van der Waals surface area contributed by atoms with Crippen LogP contribution in [0.3, 0.4) is 0 Å². The molecule has 1 unspecified atom stereocenters. The van der Waals surface area contributed by atoms with Crippen molar-refractivity contribution in [2.24, 2.45) is 5.41 Å². The number of hydrogen-bond donors (Lipinski definition) is 1. The zero-order valence-electron chi connectivity index (χ0n) is 10.8. The maximum absolute atomic E-state index is 5.63. The predicted octanol–water partition coefficient (Wildman–Crippen LogP) is 1.49. The molecule has 0 aromatic heterocycles. The maximum atomic E-state index is 5.63. The van der Waals surface area contributed by atoms with E-state index >= 15 is 0 Å². The molecule has 0 aromatic carbocycles. The summed E-state index contributed by atoms with van der Waals surface area (Å²) in [7, 11) is 2.06. The van der Waals surface area contributed by atoms with Gasteiger partial charge in [-0.15, -0.1) is 0 Å². The van der Waals surface area contributed by atoms with Gasteiger partial charge >= 0.3 is 0 Å². The molecule has 0 aromatic rings. The van der Waals surface area contributed by atoms with Crippen LogP contribution in [0, 0.1) is 5.41 Å². The van der Waals surface area contributed by atoms with Crippen LogP contribution in [-0.4, -0.2) is 50.8 Å². The molecule has 3 heteroatoms. The highest BCUT2D eigenvalue weighted by molar-refractivity contribution is 4.93. The standard InChI is InChI=1S/C13H26N2O/c1-3-7-15(12-4-5-12)10-13(9-14-2)6-8-16-11-13/h12,14H,3-11H2,1-2H3. The summed E-state index contributed by atoms with van der Waals surface area (Å²) in [5.41, 5.74) is 0.381. The normalized spacial score (nSPS) is 30.2. The molecule has 2 aliphatic rings. The van der Waals surface area contributed by atoms with Crippen LogP contribution in [0.1, 0.15) is 32.6 Å². The minimum Gasteiger partial charge on any atom is -0.381 e. The summed E-state index contributed by atoms with van der Waals surface area (Å²) in [5, 5.41) is 3.35. The Bertz CT molecular complexity index is 210. The Morgan fingerprint density at radius 3 is 2.75 bits per heavy atom. The van der Waals surface area contributed by atoms with E-state index in [2.05, 4.69) is 24.2 Å². The Morgan fingerprint density at radius 2 is 2.25 bits per heavy atom. The topological polar surface area (TPSA) is 24.5 Å². The predicted molar refractivity (Wildman–Crippen MR) is 66.7 cm³/mol. The van der Waals surface area contributed by atoms with Gasteiger partial charge in [0.1, 0.15) is 0 Å². The van der Waals surface area contributed by atoms with Crippen molar-refractivity contribution < 1.29 is 4.74 Å².